The third-order valence-electron chi connectivity index (χ3n) is 5.00. The van der Waals surface area contributed by atoms with Crippen molar-refractivity contribution < 1.29 is 23.5 Å². The van der Waals surface area contributed by atoms with Gasteiger partial charge in [-0.1, -0.05) is 0 Å². The lowest BCUT2D eigenvalue weighted by Gasteiger charge is -2.32. The molecular formula is C20H23N3O5. The first-order valence-electron chi connectivity index (χ1n) is 9.47. The molecule has 0 radical (unpaired) electrons. The van der Waals surface area contributed by atoms with Crippen molar-refractivity contribution in [2.24, 2.45) is 0 Å². The van der Waals surface area contributed by atoms with E-state index in [0.717, 1.165) is 12.8 Å². The zero-order valence-corrected chi connectivity index (χ0v) is 15.7. The number of aromatic nitrogens is 1. The van der Waals surface area contributed by atoms with Crippen LogP contribution in [0.2, 0.25) is 0 Å². The molecule has 2 aromatic rings. The van der Waals surface area contributed by atoms with Gasteiger partial charge in [-0.05, 0) is 31.0 Å². The third kappa shape index (κ3) is 4.11. The van der Waals surface area contributed by atoms with E-state index in [1.54, 1.807) is 30.2 Å². The third-order valence-corrected chi connectivity index (χ3v) is 5.00. The van der Waals surface area contributed by atoms with Gasteiger partial charge in [0, 0.05) is 37.5 Å². The lowest BCUT2D eigenvalue weighted by molar-refractivity contribution is 0.0561. The summed E-state index contributed by atoms with van der Waals surface area (Å²) in [4.78, 5) is 30.1. The maximum absolute atomic E-state index is 12.3. The number of nitrogens with one attached hydrogen (secondary N) is 1. The van der Waals surface area contributed by atoms with Crippen molar-refractivity contribution in [3.05, 3.63) is 42.1 Å². The number of amides is 2. The average Bonchev–Trinajstić information content (AvgIpc) is 3.36. The number of hydrogen-bond acceptors (Lipinski definition) is 6. The summed E-state index contributed by atoms with van der Waals surface area (Å²) in [6.07, 6.45) is 6.06. The molecule has 1 N–H and O–H groups in total. The van der Waals surface area contributed by atoms with Crippen molar-refractivity contribution >= 4 is 11.8 Å². The second-order valence-electron chi connectivity index (χ2n) is 7.09. The highest BCUT2D eigenvalue weighted by atomic mass is 16.5. The number of nitrogens with zero attached hydrogens (tertiary/aromatic N) is 2. The van der Waals surface area contributed by atoms with Gasteiger partial charge in [0.15, 0.2) is 17.9 Å². The monoisotopic (exact) mass is 385 g/mol. The molecule has 8 heteroatoms. The van der Waals surface area contributed by atoms with Gasteiger partial charge in [-0.25, -0.2) is 4.98 Å². The first-order valence-corrected chi connectivity index (χ1v) is 9.47. The highest BCUT2D eigenvalue weighted by molar-refractivity contribution is 5.95. The van der Waals surface area contributed by atoms with Gasteiger partial charge in [-0.2, -0.15) is 0 Å². The Bertz CT molecular complexity index is 840. The Morgan fingerprint density at radius 2 is 1.96 bits per heavy atom. The maximum Gasteiger partial charge on any atom is 0.291 e. The molecule has 2 aliphatic rings. The van der Waals surface area contributed by atoms with E-state index >= 15 is 0 Å². The minimum atomic E-state index is -0.160. The van der Waals surface area contributed by atoms with Gasteiger partial charge in [0.2, 0.25) is 5.76 Å². The van der Waals surface area contributed by atoms with Gasteiger partial charge in [0.05, 0.1) is 13.3 Å². The van der Waals surface area contributed by atoms with E-state index in [0.29, 0.717) is 49.0 Å². The minimum Gasteiger partial charge on any atom is -0.493 e. The number of oxazole rings is 1. The fourth-order valence-corrected chi connectivity index (χ4v) is 3.24. The molecule has 4 rings (SSSR count). The predicted octanol–water partition coefficient (Wildman–Crippen LogP) is 2.26. The molecule has 0 spiro atoms. The lowest BCUT2D eigenvalue weighted by atomic mass is 10.1. The number of benzene rings is 1. The number of piperidine rings is 1. The molecule has 0 bridgehead atoms. The van der Waals surface area contributed by atoms with Gasteiger partial charge in [-0.15, -0.1) is 0 Å². The van der Waals surface area contributed by atoms with Gasteiger partial charge in [-0.3, -0.25) is 9.59 Å². The van der Waals surface area contributed by atoms with Gasteiger partial charge in [0.1, 0.15) is 6.10 Å². The average molecular weight is 385 g/mol. The van der Waals surface area contributed by atoms with Crippen molar-refractivity contribution in [3.63, 3.8) is 0 Å². The molecule has 2 amide bonds. The second-order valence-corrected chi connectivity index (χ2v) is 7.09. The molecular weight excluding hydrogens is 362 g/mol. The SMILES string of the molecule is COc1ccc(C(=O)NC2CC2)cc1OC1CCN(C(=O)c2cnco2)CC1. The summed E-state index contributed by atoms with van der Waals surface area (Å²) in [5, 5.41) is 2.98. The maximum atomic E-state index is 12.3. The topological polar surface area (TPSA) is 93.9 Å². The van der Waals surface area contributed by atoms with Crippen LogP contribution in [0.3, 0.4) is 0 Å². The number of hydrogen-bond donors (Lipinski definition) is 1. The number of rotatable bonds is 6. The first-order chi connectivity index (χ1) is 13.6. The van der Waals surface area contributed by atoms with Crippen LogP contribution < -0.4 is 14.8 Å². The summed E-state index contributed by atoms with van der Waals surface area (Å²) in [6, 6.07) is 5.51. The van der Waals surface area contributed by atoms with Crippen LogP contribution in [0, 0.1) is 0 Å². The molecule has 8 nitrogen and oxygen atoms in total. The Labute approximate surface area is 162 Å². The summed E-state index contributed by atoms with van der Waals surface area (Å²) in [5.41, 5.74) is 0.556. The number of ether oxygens (including phenoxy) is 2. The summed E-state index contributed by atoms with van der Waals surface area (Å²) >= 11 is 0. The smallest absolute Gasteiger partial charge is 0.291 e. The summed E-state index contributed by atoms with van der Waals surface area (Å²) in [6.45, 7) is 1.13. The highest BCUT2D eigenvalue weighted by Gasteiger charge is 2.28. The van der Waals surface area contributed by atoms with Crippen LogP contribution in [0.25, 0.3) is 0 Å². The second kappa shape index (κ2) is 7.92. The zero-order valence-electron chi connectivity index (χ0n) is 15.7. The van der Waals surface area contributed by atoms with E-state index in [-0.39, 0.29) is 23.7 Å². The fourth-order valence-electron chi connectivity index (χ4n) is 3.24. The Morgan fingerprint density at radius 3 is 2.61 bits per heavy atom. The summed E-state index contributed by atoms with van der Waals surface area (Å²) in [5.74, 6) is 1.12. The Morgan fingerprint density at radius 1 is 1.18 bits per heavy atom. The van der Waals surface area contributed by atoms with Crippen molar-refractivity contribution in [1.29, 1.82) is 0 Å². The molecule has 1 saturated carbocycles. The quantitative estimate of drug-likeness (QED) is 0.820. The van der Waals surface area contributed by atoms with Crippen LogP contribution in [0.4, 0.5) is 0 Å². The van der Waals surface area contributed by atoms with Crippen molar-refractivity contribution in [2.75, 3.05) is 20.2 Å². The predicted molar refractivity (Wildman–Crippen MR) is 99.5 cm³/mol. The van der Waals surface area contributed by atoms with Crippen LogP contribution in [0.1, 0.15) is 46.6 Å². The van der Waals surface area contributed by atoms with Gasteiger partial charge in [0.25, 0.3) is 11.8 Å². The van der Waals surface area contributed by atoms with Crippen LogP contribution in [0.15, 0.2) is 35.2 Å². The molecule has 2 heterocycles. The fraction of sp³-hybridized carbons (Fsp3) is 0.450. The molecule has 28 heavy (non-hydrogen) atoms. The zero-order chi connectivity index (χ0) is 19.5. The standard InChI is InChI=1S/C20H23N3O5/c1-26-16-5-2-13(19(24)22-14-3-4-14)10-17(16)28-15-6-8-23(9-7-15)20(25)18-11-21-12-27-18/h2,5,10-12,14-15H,3-4,6-9H2,1H3,(H,22,24). The largest absolute Gasteiger partial charge is 0.493 e. The van der Waals surface area contributed by atoms with E-state index in [9.17, 15) is 9.59 Å². The van der Waals surface area contributed by atoms with Crippen molar-refractivity contribution in [1.82, 2.24) is 15.2 Å². The number of likely N-dealkylation sites (tertiary alicyclic amines) is 1. The van der Waals surface area contributed by atoms with Crippen molar-refractivity contribution in [3.8, 4) is 11.5 Å². The molecule has 2 fully saturated rings. The number of carbonyl (C=O) groups is 2. The van der Waals surface area contributed by atoms with Gasteiger partial charge < -0.3 is 24.1 Å². The summed E-state index contributed by atoms with van der Waals surface area (Å²) < 4.78 is 16.6. The first kappa shape index (κ1) is 18.3. The molecule has 1 aromatic carbocycles. The molecule has 148 valence electrons. The molecule has 1 aliphatic carbocycles. The normalized spacial score (nSPS) is 17.2. The van der Waals surface area contributed by atoms with Crippen molar-refractivity contribution in [2.45, 2.75) is 37.8 Å². The highest BCUT2D eigenvalue weighted by Crippen LogP contribution is 2.31. The molecule has 1 aromatic heterocycles. The van der Waals surface area contributed by atoms with E-state index in [4.69, 9.17) is 13.9 Å². The Kier molecular flexibility index (Phi) is 5.18. The molecule has 0 atom stereocenters. The van der Waals surface area contributed by atoms with E-state index < -0.39 is 0 Å². The molecule has 1 saturated heterocycles. The van der Waals surface area contributed by atoms with Crippen LogP contribution in [-0.2, 0) is 0 Å². The van der Waals surface area contributed by atoms with E-state index in [2.05, 4.69) is 10.3 Å². The molecule has 1 aliphatic heterocycles. The van der Waals surface area contributed by atoms with Crippen LogP contribution >= 0.6 is 0 Å². The van der Waals surface area contributed by atoms with Gasteiger partial charge >= 0.3 is 0 Å². The van der Waals surface area contributed by atoms with Crippen LogP contribution in [0.5, 0.6) is 11.5 Å². The molecule has 0 unspecified atom stereocenters. The number of carbonyl (C=O) groups excluding carboxylic acids is 2. The Hall–Kier alpha value is -3.03. The minimum absolute atomic E-state index is 0.0607. The van der Waals surface area contributed by atoms with Crippen LogP contribution in [-0.4, -0.2) is 54.0 Å². The van der Waals surface area contributed by atoms with E-state index in [1.165, 1.54) is 12.6 Å². The summed E-state index contributed by atoms with van der Waals surface area (Å²) in [7, 11) is 1.57. The van der Waals surface area contributed by atoms with E-state index in [1.807, 2.05) is 0 Å². The Balaban J connectivity index is 1.38. The lowest BCUT2D eigenvalue weighted by Crippen LogP contribution is -2.41. The number of methoxy groups -OCH3 is 1.